The van der Waals surface area contributed by atoms with E-state index in [1.165, 1.54) is 22.3 Å². The SMILES string of the molecule is O=C(N[C@@H]1CCC[C@H](C(=O)N2CC3CC2(C(=O)O)C3)C1)OCC1c2ccccc2-c2ccccc21. The van der Waals surface area contributed by atoms with Crippen LogP contribution in [0.5, 0.6) is 0 Å². The topological polar surface area (TPSA) is 95.9 Å². The highest BCUT2D eigenvalue weighted by Crippen LogP contribution is 2.51. The number of carbonyl (C=O) groups excluding carboxylic acids is 2. The van der Waals surface area contributed by atoms with Crippen molar-refractivity contribution >= 4 is 18.0 Å². The molecule has 0 spiro atoms. The standard InChI is InChI=1S/C28H30N2O5/c31-25(30-15-17-13-28(30,14-17)26(32)33)18-6-5-7-19(12-18)29-27(34)35-16-24-22-10-3-1-8-20(22)21-9-2-4-11-23(21)24/h1-4,8-11,17-19,24H,5-7,12-16H2,(H,29,34)(H,32,33)/t17?,18-,19+,28?/m0/s1. The number of carbonyl (C=O) groups is 3. The number of hydrogen-bond acceptors (Lipinski definition) is 4. The molecule has 7 heteroatoms. The molecule has 2 saturated carbocycles. The van der Waals surface area contributed by atoms with E-state index in [1.807, 2.05) is 24.3 Å². The summed E-state index contributed by atoms with van der Waals surface area (Å²) < 4.78 is 5.69. The average Bonchev–Trinajstić information content (AvgIpc) is 3.51. The van der Waals surface area contributed by atoms with Crippen LogP contribution in [-0.2, 0) is 14.3 Å². The maximum Gasteiger partial charge on any atom is 0.407 e. The summed E-state index contributed by atoms with van der Waals surface area (Å²) in [4.78, 5) is 39.4. The molecule has 2 atom stereocenters. The molecule has 2 heterocycles. The van der Waals surface area contributed by atoms with Gasteiger partial charge in [-0.25, -0.2) is 9.59 Å². The number of ether oxygens (including phenoxy) is 1. The van der Waals surface area contributed by atoms with Gasteiger partial charge in [-0.05, 0) is 60.3 Å². The van der Waals surface area contributed by atoms with Gasteiger partial charge in [-0.15, -0.1) is 0 Å². The Morgan fingerprint density at radius 3 is 2.31 bits per heavy atom. The number of amides is 2. The van der Waals surface area contributed by atoms with Crippen molar-refractivity contribution in [2.45, 2.75) is 56.0 Å². The summed E-state index contributed by atoms with van der Waals surface area (Å²) in [5.41, 5.74) is 3.71. The Morgan fingerprint density at radius 1 is 1.00 bits per heavy atom. The van der Waals surface area contributed by atoms with Crippen molar-refractivity contribution in [2.24, 2.45) is 11.8 Å². The van der Waals surface area contributed by atoms with Gasteiger partial charge in [0, 0.05) is 24.4 Å². The van der Waals surface area contributed by atoms with Crippen LogP contribution in [0.2, 0.25) is 0 Å². The number of aliphatic carboxylic acids is 1. The van der Waals surface area contributed by atoms with E-state index >= 15 is 0 Å². The maximum atomic E-state index is 13.2. The van der Waals surface area contributed by atoms with E-state index in [0.29, 0.717) is 31.7 Å². The van der Waals surface area contributed by atoms with E-state index < -0.39 is 17.6 Å². The summed E-state index contributed by atoms with van der Waals surface area (Å²) in [7, 11) is 0. The molecular weight excluding hydrogens is 444 g/mol. The summed E-state index contributed by atoms with van der Waals surface area (Å²) in [5.74, 6) is -0.885. The van der Waals surface area contributed by atoms with E-state index in [4.69, 9.17) is 4.74 Å². The molecule has 35 heavy (non-hydrogen) atoms. The summed E-state index contributed by atoms with van der Waals surface area (Å²) in [6.45, 7) is 0.803. The molecule has 2 aromatic carbocycles. The summed E-state index contributed by atoms with van der Waals surface area (Å²) in [5, 5.41) is 12.7. The minimum atomic E-state index is -0.991. The Hall–Kier alpha value is -3.35. The highest BCUT2D eigenvalue weighted by Gasteiger charge is 2.63. The van der Waals surface area contributed by atoms with Crippen LogP contribution in [0.25, 0.3) is 11.1 Å². The first-order chi connectivity index (χ1) is 17.0. The predicted molar refractivity (Wildman–Crippen MR) is 129 cm³/mol. The molecule has 0 unspecified atom stereocenters. The molecule has 4 fully saturated rings. The number of hydrogen-bond donors (Lipinski definition) is 2. The smallest absolute Gasteiger partial charge is 0.407 e. The van der Waals surface area contributed by atoms with Crippen molar-refractivity contribution in [3.8, 4) is 11.1 Å². The minimum Gasteiger partial charge on any atom is -0.479 e. The lowest BCUT2D eigenvalue weighted by atomic mass is 9.73. The molecule has 2 amide bonds. The van der Waals surface area contributed by atoms with Crippen molar-refractivity contribution in [2.75, 3.05) is 13.2 Å². The van der Waals surface area contributed by atoms with Crippen LogP contribution in [0.3, 0.4) is 0 Å². The number of carboxylic acids is 1. The van der Waals surface area contributed by atoms with Crippen LogP contribution in [0.1, 0.15) is 55.6 Å². The molecule has 2 N–H and O–H groups in total. The largest absolute Gasteiger partial charge is 0.479 e. The van der Waals surface area contributed by atoms with Crippen LogP contribution in [-0.4, -0.2) is 52.7 Å². The number of rotatable bonds is 5. The molecule has 2 aliphatic heterocycles. The fourth-order valence-corrected chi connectivity index (χ4v) is 6.84. The number of benzene rings is 2. The summed E-state index contributed by atoms with van der Waals surface area (Å²) >= 11 is 0. The Morgan fingerprint density at radius 2 is 1.66 bits per heavy atom. The number of nitrogens with one attached hydrogen (secondary N) is 1. The van der Waals surface area contributed by atoms with Crippen LogP contribution in [0.15, 0.2) is 48.5 Å². The van der Waals surface area contributed by atoms with E-state index in [2.05, 4.69) is 29.6 Å². The molecule has 7 nitrogen and oxygen atoms in total. The highest BCUT2D eigenvalue weighted by molar-refractivity contribution is 5.90. The molecule has 0 aromatic heterocycles. The molecule has 5 aliphatic rings. The van der Waals surface area contributed by atoms with Crippen molar-refractivity contribution in [3.63, 3.8) is 0 Å². The molecular formula is C28H30N2O5. The fraction of sp³-hybridized carbons (Fsp3) is 0.464. The lowest BCUT2D eigenvalue weighted by Crippen LogP contribution is -2.56. The van der Waals surface area contributed by atoms with Crippen LogP contribution in [0.4, 0.5) is 4.79 Å². The Balaban J connectivity index is 1.07. The minimum absolute atomic E-state index is 0.00249. The lowest BCUT2D eigenvalue weighted by molar-refractivity contribution is -0.160. The second-order valence-electron chi connectivity index (χ2n) is 10.6. The van der Waals surface area contributed by atoms with Crippen LogP contribution >= 0.6 is 0 Å². The summed E-state index contributed by atoms with van der Waals surface area (Å²) in [6.07, 6.45) is 3.56. The quantitative estimate of drug-likeness (QED) is 0.679. The van der Waals surface area contributed by atoms with Gasteiger partial charge >= 0.3 is 12.1 Å². The van der Waals surface area contributed by atoms with Crippen molar-refractivity contribution < 1.29 is 24.2 Å². The van der Waals surface area contributed by atoms with Gasteiger partial charge in [0.05, 0.1) is 0 Å². The van der Waals surface area contributed by atoms with Gasteiger partial charge < -0.3 is 20.1 Å². The first-order valence-corrected chi connectivity index (χ1v) is 12.6. The van der Waals surface area contributed by atoms with Crippen molar-refractivity contribution in [3.05, 3.63) is 59.7 Å². The first-order valence-electron chi connectivity index (χ1n) is 12.6. The van der Waals surface area contributed by atoms with E-state index in [9.17, 15) is 19.5 Å². The van der Waals surface area contributed by atoms with Gasteiger partial charge in [-0.3, -0.25) is 4.79 Å². The van der Waals surface area contributed by atoms with Gasteiger partial charge in [-0.2, -0.15) is 0 Å². The normalized spacial score (nSPS) is 28.6. The van der Waals surface area contributed by atoms with Gasteiger partial charge in [-0.1, -0.05) is 55.0 Å². The van der Waals surface area contributed by atoms with Gasteiger partial charge in [0.2, 0.25) is 5.91 Å². The molecule has 7 rings (SSSR count). The fourth-order valence-electron chi connectivity index (χ4n) is 6.84. The first kappa shape index (κ1) is 22.1. The van der Waals surface area contributed by atoms with E-state index in [1.54, 1.807) is 4.90 Å². The van der Waals surface area contributed by atoms with Crippen molar-refractivity contribution in [1.82, 2.24) is 10.2 Å². The molecule has 2 aromatic rings. The lowest BCUT2D eigenvalue weighted by Gasteiger charge is -2.40. The summed E-state index contributed by atoms with van der Waals surface area (Å²) in [6, 6.07) is 16.3. The number of fused-ring (bicyclic) bond motifs is 4. The zero-order chi connectivity index (χ0) is 24.2. The molecule has 2 saturated heterocycles. The second kappa shape index (κ2) is 8.40. The molecule has 3 aliphatic carbocycles. The van der Waals surface area contributed by atoms with Gasteiger partial charge in [0.15, 0.2) is 0 Å². The number of carboxylic acid groups (broad SMARTS) is 1. The molecule has 0 radical (unpaired) electrons. The zero-order valence-corrected chi connectivity index (χ0v) is 19.6. The average molecular weight is 475 g/mol. The van der Waals surface area contributed by atoms with E-state index in [-0.39, 0.29) is 30.4 Å². The Bertz CT molecular complexity index is 1140. The predicted octanol–water partition coefficient (Wildman–Crippen LogP) is 4.16. The van der Waals surface area contributed by atoms with Gasteiger partial charge in [0.25, 0.3) is 0 Å². The number of alkyl carbamates (subject to hydrolysis) is 1. The second-order valence-corrected chi connectivity index (χ2v) is 10.6. The number of nitrogens with zero attached hydrogens (tertiary/aromatic N) is 1. The molecule has 2 bridgehead atoms. The molecule has 182 valence electrons. The van der Waals surface area contributed by atoms with Crippen LogP contribution in [0, 0.1) is 11.8 Å². The maximum absolute atomic E-state index is 13.2. The van der Waals surface area contributed by atoms with Crippen molar-refractivity contribution in [1.29, 1.82) is 0 Å². The third kappa shape index (κ3) is 3.60. The third-order valence-electron chi connectivity index (χ3n) is 8.56. The van der Waals surface area contributed by atoms with E-state index in [0.717, 1.165) is 19.3 Å². The monoisotopic (exact) mass is 474 g/mol. The Kier molecular flexibility index (Phi) is 5.31. The van der Waals surface area contributed by atoms with Crippen LogP contribution < -0.4 is 5.32 Å². The Labute approximate surface area is 204 Å². The highest BCUT2D eigenvalue weighted by atomic mass is 16.5. The zero-order valence-electron chi connectivity index (χ0n) is 19.6. The third-order valence-corrected chi connectivity index (χ3v) is 8.56. The van der Waals surface area contributed by atoms with Gasteiger partial charge in [0.1, 0.15) is 12.1 Å².